The Morgan fingerprint density at radius 2 is 2.13 bits per heavy atom. The number of para-hydroxylation sites is 1. The van der Waals surface area contributed by atoms with Gasteiger partial charge in [-0.25, -0.2) is 8.42 Å². The number of piperidine rings is 1. The molecule has 1 aliphatic heterocycles. The maximum atomic E-state index is 13.7. The molecule has 0 amide bonds. The number of hydrogen-bond acceptors (Lipinski definition) is 5. The molecule has 130 valence electrons. The van der Waals surface area contributed by atoms with Crippen molar-refractivity contribution in [2.75, 3.05) is 13.1 Å². The quantitative estimate of drug-likeness (QED) is 0.646. The first-order valence-corrected chi connectivity index (χ1v) is 8.37. The van der Waals surface area contributed by atoms with E-state index in [1.54, 1.807) is 6.92 Å². The van der Waals surface area contributed by atoms with Gasteiger partial charge in [0.05, 0.1) is 4.92 Å². The molecule has 1 saturated heterocycles. The number of sulfonamides is 1. The average Bonchev–Trinajstić information content (AvgIpc) is 2.46. The zero-order valence-electron chi connectivity index (χ0n) is 12.5. The number of hydrogen-bond donors (Lipinski definition) is 1. The fourth-order valence-electron chi connectivity index (χ4n) is 2.64. The zero-order chi connectivity index (χ0) is 16.5. The van der Waals surface area contributed by atoms with Gasteiger partial charge in [0.25, 0.3) is 0 Å². The Bertz CT molecular complexity index is 684. The normalized spacial score (nSPS) is 20.6. The monoisotopic (exact) mass is 367 g/mol. The van der Waals surface area contributed by atoms with Gasteiger partial charge >= 0.3 is 5.69 Å². The van der Waals surface area contributed by atoms with Crippen LogP contribution in [-0.2, 0) is 10.0 Å². The van der Waals surface area contributed by atoms with Gasteiger partial charge in [-0.05, 0) is 37.8 Å². The number of nitro benzene ring substituents is 1. The molecule has 0 spiro atoms. The smallest absolute Gasteiger partial charge is 0.324 e. The van der Waals surface area contributed by atoms with E-state index in [0.29, 0.717) is 6.42 Å². The molecule has 0 aliphatic carbocycles. The molecular weight excluding hydrogens is 349 g/mol. The summed E-state index contributed by atoms with van der Waals surface area (Å²) >= 11 is 0. The summed E-state index contributed by atoms with van der Waals surface area (Å²) in [6.45, 7) is 2.23. The van der Waals surface area contributed by atoms with E-state index in [0.717, 1.165) is 28.9 Å². The maximum Gasteiger partial charge on any atom is 0.324 e. The van der Waals surface area contributed by atoms with Gasteiger partial charge in [0.1, 0.15) is 0 Å². The van der Waals surface area contributed by atoms with Gasteiger partial charge in [0.2, 0.25) is 15.8 Å². The molecule has 2 atom stereocenters. The van der Waals surface area contributed by atoms with E-state index in [2.05, 4.69) is 0 Å². The summed E-state index contributed by atoms with van der Waals surface area (Å²) in [6.07, 6.45) is 1.42. The molecule has 2 N–H and O–H groups in total. The zero-order valence-corrected chi connectivity index (χ0v) is 14.1. The Kier molecular flexibility index (Phi) is 6.46. The summed E-state index contributed by atoms with van der Waals surface area (Å²) in [4.78, 5) is 9.39. The summed E-state index contributed by atoms with van der Waals surface area (Å²) in [5.74, 6) is -1.18. The van der Waals surface area contributed by atoms with Gasteiger partial charge in [0.15, 0.2) is 4.90 Å². The molecule has 7 nitrogen and oxygen atoms in total. The second-order valence-corrected chi connectivity index (χ2v) is 7.37. The Balaban J connectivity index is 0.00000264. The summed E-state index contributed by atoms with van der Waals surface area (Å²) in [7, 11) is -4.13. The molecule has 1 aromatic carbocycles. The Morgan fingerprint density at radius 1 is 1.48 bits per heavy atom. The molecule has 1 aromatic rings. The highest BCUT2D eigenvalue weighted by atomic mass is 35.5. The highest BCUT2D eigenvalue weighted by Crippen LogP contribution is 2.31. The van der Waals surface area contributed by atoms with Crippen LogP contribution in [-0.4, -0.2) is 36.8 Å². The van der Waals surface area contributed by atoms with Crippen LogP contribution in [0, 0.1) is 21.8 Å². The van der Waals surface area contributed by atoms with Crippen LogP contribution in [0.3, 0.4) is 0 Å². The van der Waals surface area contributed by atoms with Gasteiger partial charge in [-0.15, -0.1) is 12.4 Å². The predicted molar refractivity (Wildman–Crippen MR) is 85.4 cm³/mol. The van der Waals surface area contributed by atoms with Crippen LogP contribution in [0.5, 0.6) is 0 Å². The van der Waals surface area contributed by atoms with Crippen molar-refractivity contribution in [2.24, 2.45) is 11.7 Å². The van der Waals surface area contributed by atoms with Crippen LogP contribution in [0.25, 0.3) is 0 Å². The minimum atomic E-state index is -4.13. The lowest BCUT2D eigenvalue weighted by atomic mass is 9.93. The summed E-state index contributed by atoms with van der Waals surface area (Å²) in [6, 6.07) is 2.91. The third kappa shape index (κ3) is 3.97. The fraction of sp³-hybridized carbons (Fsp3) is 0.538. The van der Waals surface area contributed by atoms with Crippen molar-refractivity contribution in [2.45, 2.75) is 30.7 Å². The Hall–Kier alpha value is -1.29. The number of rotatable bonds is 4. The molecule has 1 heterocycles. The van der Waals surface area contributed by atoms with Crippen molar-refractivity contribution in [1.29, 1.82) is 0 Å². The van der Waals surface area contributed by atoms with Crippen LogP contribution in [0.15, 0.2) is 23.1 Å². The molecule has 0 radical (unpaired) electrons. The lowest BCUT2D eigenvalue weighted by Gasteiger charge is -2.33. The van der Waals surface area contributed by atoms with E-state index < -0.39 is 31.3 Å². The van der Waals surface area contributed by atoms with Crippen molar-refractivity contribution >= 4 is 28.1 Å². The van der Waals surface area contributed by atoms with Crippen molar-refractivity contribution in [1.82, 2.24) is 4.31 Å². The third-order valence-electron chi connectivity index (χ3n) is 3.91. The first-order chi connectivity index (χ1) is 10.2. The van der Waals surface area contributed by atoms with Crippen molar-refractivity contribution in [3.05, 3.63) is 34.1 Å². The molecule has 0 saturated carbocycles. The molecule has 0 bridgehead atoms. The first kappa shape index (κ1) is 19.8. The molecule has 10 heteroatoms. The predicted octanol–water partition coefficient (Wildman–Crippen LogP) is 1.90. The van der Waals surface area contributed by atoms with Crippen LogP contribution >= 0.6 is 12.4 Å². The van der Waals surface area contributed by atoms with Gasteiger partial charge < -0.3 is 5.73 Å². The van der Waals surface area contributed by atoms with E-state index in [4.69, 9.17) is 5.73 Å². The first-order valence-electron chi connectivity index (χ1n) is 6.93. The number of nitro groups is 1. The molecular formula is C13H19ClFN3O4S. The lowest BCUT2D eigenvalue weighted by molar-refractivity contribution is -0.390. The standard InChI is InChI=1S/C13H18FN3O4S.ClH/c1-9(15)10-4-3-7-16(8-10)22(20,21)12-6-2-5-11(14)13(12)17(18)19;/h2,5-6,9-10H,3-4,7-8,15H2,1H3;1H. The molecule has 2 unspecified atom stereocenters. The van der Waals surface area contributed by atoms with Crippen LogP contribution in [0.2, 0.25) is 0 Å². The fourth-order valence-corrected chi connectivity index (χ4v) is 4.34. The molecule has 2 rings (SSSR count). The van der Waals surface area contributed by atoms with Crippen molar-refractivity contribution in [3.8, 4) is 0 Å². The van der Waals surface area contributed by atoms with E-state index in [9.17, 15) is 22.9 Å². The Labute approximate surface area is 140 Å². The SMILES string of the molecule is CC(N)C1CCCN(S(=O)(=O)c2cccc(F)c2[N+](=O)[O-])C1.Cl. The van der Waals surface area contributed by atoms with E-state index in [1.807, 2.05) is 0 Å². The van der Waals surface area contributed by atoms with Crippen LogP contribution in [0.4, 0.5) is 10.1 Å². The molecule has 0 aromatic heterocycles. The van der Waals surface area contributed by atoms with Gasteiger partial charge in [0, 0.05) is 19.1 Å². The minimum Gasteiger partial charge on any atom is -0.328 e. The second kappa shape index (κ2) is 7.52. The number of halogens is 2. The van der Waals surface area contributed by atoms with Gasteiger partial charge in [-0.2, -0.15) is 8.70 Å². The molecule has 23 heavy (non-hydrogen) atoms. The summed E-state index contributed by atoms with van der Waals surface area (Å²) < 4.78 is 40.1. The Morgan fingerprint density at radius 3 is 2.70 bits per heavy atom. The van der Waals surface area contributed by atoms with E-state index in [1.165, 1.54) is 0 Å². The van der Waals surface area contributed by atoms with Crippen molar-refractivity contribution < 1.29 is 17.7 Å². The number of nitrogens with zero attached hydrogens (tertiary/aromatic N) is 2. The maximum absolute atomic E-state index is 13.7. The summed E-state index contributed by atoms with van der Waals surface area (Å²) in [5.41, 5.74) is 4.81. The van der Waals surface area contributed by atoms with E-state index in [-0.39, 0.29) is 37.5 Å². The van der Waals surface area contributed by atoms with Crippen molar-refractivity contribution in [3.63, 3.8) is 0 Å². The third-order valence-corrected chi connectivity index (χ3v) is 5.81. The topological polar surface area (TPSA) is 107 Å². The highest BCUT2D eigenvalue weighted by Gasteiger charge is 2.37. The minimum absolute atomic E-state index is 0. The lowest BCUT2D eigenvalue weighted by Crippen LogP contribution is -2.45. The second-order valence-electron chi connectivity index (χ2n) is 5.47. The van der Waals surface area contributed by atoms with Gasteiger partial charge in [-0.1, -0.05) is 6.07 Å². The number of benzene rings is 1. The largest absolute Gasteiger partial charge is 0.328 e. The summed E-state index contributed by atoms with van der Waals surface area (Å²) in [5, 5.41) is 11.0. The van der Waals surface area contributed by atoms with Crippen LogP contribution < -0.4 is 5.73 Å². The van der Waals surface area contributed by atoms with Gasteiger partial charge in [-0.3, -0.25) is 10.1 Å². The number of nitrogens with two attached hydrogens (primary N) is 1. The average molecular weight is 368 g/mol. The molecule has 1 fully saturated rings. The van der Waals surface area contributed by atoms with E-state index >= 15 is 0 Å². The molecule has 1 aliphatic rings. The van der Waals surface area contributed by atoms with Crippen LogP contribution in [0.1, 0.15) is 19.8 Å². The highest BCUT2D eigenvalue weighted by molar-refractivity contribution is 7.89.